The van der Waals surface area contributed by atoms with Crippen LogP contribution in [0.1, 0.15) is 19.3 Å². The molecule has 1 aliphatic heterocycles. The molecule has 0 unspecified atom stereocenters. The molecule has 2 aromatic rings. The number of aromatic nitrogens is 2. The minimum absolute atomic E-state index is 0.00669. The molecule has 0 radical (unpaired) electrons. The van der Waals surface area contributed by atoms with Gasteiger partial charge in [0.25, 0.3) is 0 Å². The molecular weight excluding hydrogens is 240 g/mol. The van der Waals surface area contributed by atoms with Gasteiger partial charge in [0.2, 0.25) is 5.91 Å². The molecule has 5 heteroatoms. The molecule has 0 atom stereocenters. The van der Waals surface area contributed by atoms with Gasteiger partial charge in [-0.25, -0.2) is 0 Å². The topological polar surface area (TPSA) is 61.0 Å². The van der Waals surface area contributed by atoms with Crippen LogP contribution in [0.2, 0.25) is 0 Å². The van der Waals surface area contributed by atoms with E-state index < -0.39 is 0 Å². The second-order valence-electron chi connectivity index (χ2n) is 5.55. The Hall–Kier alpha value is -1.88. The Labute approximate surface area is 111 Å². The molecule has 0 bridgehead atoms. The summed E-state index contributed by atoms with van der Waals surface area (Å²) in [5, 5.41) is 11.3. The maximum atomic E-state index is 12.3. The lowest BCUT2D eigenvalue weighted by atomic mass is 9.73. The second-order valence-corrected chi connectivity index (χ2v) is 5.55. The maximum Gasteiger partial charge on any atom is 0.241 e. The highest BCUT2D eigenvalue weighted by Gasteiger charge is 2.47. The normalized spacial score (nSPS) is 21.9. The van der Waals surface area contributed by atoms with Crippen molar-refractivity contribution >= 4 is 22.5 Å². The third kappa shape index (κ3) is 1.51. The van der Waals surface area contributed by atoms with Crippen molar-refractivity contribution in [3.8, 4) is 0 Å². The van der Waals surface area contributed by atoms with E-state index in [0.29, 0.717) is 6.54 Å². The summed E-state index contributed by atoms with van der Waals surface area (Å²) in [6.45, 7) is 1.34. The van der Waals surface area contributed by atoms with E-state index in [-0.39, 0.29) is 11.4 Å². The summed E-state index contributed by atoms with van der Waals surface area (Å²) in [5.41, 5.74) is 2.02. The average Bonchev–Trinajstić information content (AvgIpc) is 2.83. The molecule has 2 aliphatic rings. The number of nitrogens with zero attached hydrogens (tertiary/aromatic N) is 2. The average molecular weight is 256 g/mol. The van der Waals surface area contributed by atoms with Crippen molar-refractivity contribution in [1.29, 1.82) is 0 Å². The molecule has 5 nitrogen and oxygen atoms in total. The van der Waals surface area contributed by atoms with Gasteiger partial charge in [0.1, 0.15) is 0 Å². The Balaban J connectivity index is 1.81. The number of hydrogen-bond donors (Lipinski definition) is 2. The largest absolute Gasteiger partial charge is 0.306 e. The number of amides is 1. The molecule has 2 fully saturated rings. The minimum Gasteiger partial charge on any atom is -0.306 e. The first kappa shape index (κ1) is 11.0. The Morgan fingerprint density at radius 2 is 2.21 bits per heavy atom. The fraction of sp³-hybridized carbons (Fsp3) is 0.429. The summed E-state index contributed by atoms with van der Waals surface area (Å²) in [4.78, 5) is 14.3. The van der Waals surface area contributed by atoms with Crippen molar-refractivity contribution < 1.29 is 4.79 Å². The lowest BCUT2D eigenvalue weighted by Crippen LogP contribution is -2.67. The second kappa shape index (κ2) is 3.81. The first-order valence-electron chi connectivity index (χ1n) is 6.75. The number of carbonyl (C=O) groups excluding carboxylic acids is 1. The van der Waals surface area contributed by atoms with Crippen LogP contribution in [0.15, 0.2) is 24.4 Å². The number of rotatable bonds is 1. The van der Waals surface area contributed by atoms with Crippen LogP contribution in [-0.4, -0.2) is 34.7 Å². The third-order valence-corrected chi connectivity index (χ3v) is 4.42. The zero-order valence-electron chi connectivity index (χ0n) is 10.6. The Morgan fingerprint density at radius 1 is 1.32 bits per heavy atom. The quantitative estimate of drug-likeness (QED) is 0.811. The van der Waals surface area contributed by atoms with Gasteiger partial charge in [0, 0.05) is 17.6 Å². The maximum absolute atomic E-state index is 12.3. The third-order valence-electron chi connectivity index (χ3n) is 4.42. The summed E-state index contributed by atoms with van der Waals surface area (Å²) >= 11 is 0. The number of carbonyl (C=O) groups is 1. The van der Waals surface area contributed by atoms with Gasteiger partial charge in [-0.1, -0.05) is 0 Å². The highest BCUT2D eigenvalue weighted by atomic mass is 16.2. The van der Waals surface area contributed by atoms with E-state index >= 15 is 0 Å². The Bertz CT molecular complexity index is 644. The standard InChI is InChI=1S/C14H16N4O/c19-13-8-15-9-14(4-1-5-14)18(13)11-2-3-12-10(6-11)7-16-17-12/h2-3,6-7,15H,1,4-5,8-9H2,(H,16,17). The summed E-state index contributed by atoms with van der Waals surface area (Å²) < 4.78 is 0. The number of fused-ring (bicyclic) bond motifs is 1. The molecule has 4 rings (SSSR count). The van der Waals surface area contributed by atoms with Gasteiger partial charge in [-0.15, -0.1) is 0 Å². The molecule has 1 aromatic heterocycles. The van der Waals surface area contributed by atoms with E-state index in [1.54, 1.807) is 6.20 Å². The van der Waals surface area contributed by atoms with Gasteiger partial charge in [0.15, 0.2) is 0 Å². The van der Waals surface area contributed by atoms with Crippen molar-refractivity contribution in [2.45, 2.75) is 24.8 Å². The van der Waals surface area contributed by atoms with Gasteiger partial charge in [-0.3, -0.25) is 9.89 Å². The first-order valence-corrected chi connectivity index (χ1v) is 6.75. The van der Waals surface area contributed by atoms with Crippen molar-refractivity contribution in [2.75, 3.05) is 18.0 Å². The van der Waals surface area contributed by atoms with Crippen molar-refractivity contribution in [2.24, 2.45) is 0 Å². The van der Waals surface area contributed by atoms with Crippen LogP contribution in [0.5, 0.6) is 0 Å². The summed E-state index contributed by atoms with van der Waals surface area (Å²) in [6.07, 6.45) is 5.20. The van der Waals surface area contributed by atoms with E-state index in [1.165, 1.54) is 6.42 Å². The van der Waals surface area contributed by atoms with Crippen LogP contribution in [0, 0.1) is 0 Å². The summed E-state index contributed by atoms with van der Waals surface area (Å²) in [6, 6.07) is 6.07. The predicted octanol–water partition coefficient (Wildman–Crippen LogP) is 1.42. The molecule has 2 heterocycles. The monoisotopic (exact) mass is 256 g/mol. The summed E-state index contributed by atoms with van der Waals surface area (Å²) in [5.74, 6) is 0.175. The molecule has 19 heavy (non-hydrogen) atoms. The lowest BCUT2D eigenvalue weighted by Gasteiger charge is -2.53. The summed E-state index contributed by atoms with van der Waals surface area (Å²) in [7, 11) is 0. The highest BCUT2D eigenvalue weighted by Crippen LogP contribution is 2.41. The zero-order chi connectivity index (χ0) is 12.9. The number of aromatic amines is 1. The number of anilines is 1. The molecule has 1 saturated heterocycles. The number of H-pyrrole nitrogens is 1. The van der Waals surface area contributed by atoms with Gasteiger partial charge in [-0.05, 0) is 37.5 Å². The molecule has 1 aliphatic carbocycles. The SMILES string of the molecule is O=C1CNCC2(CCC2)N1c1ccc2[nH]ncc2c1. The van der Waals surface area contributed by atoms with Crippen LogP contribution in [0.4, 0.5) is 5.69 Å². The van der Waals surface area contributed by atoms with Crippen molar-refractivity contribution in [3.05, 3.63) is 24.4 Å². The van der Waals surface area contributed by atoms with E-state index in [0.717, 1.165) is 36.0 Å². The predicted molar refractivity (Wildman–Crippen MR) is 73.0 cm³/mol. The molecule has 1 saturated carbocycles. The number of hydrogen-bond acceptors (Lipinski definition) is 3. The van der Waals surface area contributed by atoms with E-state index in [9.17, 15) is 4.79 Å². The number of nitrogens with one attached hydrogen (secondary N) is 2. The van der Waals surface area contributed by atoms with Gasteiger partial charge >= 0.3 is 0 Å². The van der Waals surface area contributed by atoms with E-state index in [2.05, 4.69) is 21.6 Å². The van der Waals surface area contributed by atoms with Crippen LogP contribution < -0.4 is 10.2 Å². The van der Waals surface area contributed by atoms with Gasteiger partial charge in [-0.2, -0.15) is 5.10 Å². The molecule has 1 amide bonds. The highest BCUT2D eigenvalue weighted by molar-refractivity contribution is 5.99. The molecule has 1 spiro atoms. The number of benzene rings is 1. The van der Waals surface area contributed by atoms with Crippen LogP contribution >= 0.6 is 0 Å². The smallest absolute Gasteiger partial charge is 0.241 e. The van der Waals surface area contributed by atoms with Gasteiger partial charge in [0.05, 0.1) is 23.8 Å². The Morgan fingerprint density at radius 3 is 3.00 bits per heavy atom. The first-order chi connectivity index (χ1) is 9.28. The molecule has 98 valence electrons. The van der Waals surface area contributed by atoms with Gasteiger partial charge < -0.3 is 10.2 Å². The van der Waals surface area contributed by atoms with Crippen molar-refractivity contribution in [3.63, 3.8) is 0 Å². The van der Waals surface area contributed by atoms with E-state index in [4.69, 9.17) is 0 Å². The minimum atomic E-state index is 0.00669. The molecule has 2 N–H and O–H groups in total. The van der Waals surface area contributed by atoms with Crippen LogP contribution in [-0.2, 0) is 4.79 Å². The van der Waals surface area contributed by atoms with Crippen LogP contribution in [0.25, 0.3) is 10.9 Å². The van der Waals surface area contributed by atoms with E-state index in [1.807, 2.05) is 17.0 Å². The zero-order valence-corrected chi connectivity index (χ0v) is 10.6. The fourth-order valence-electron chi connectivity index (χ4n) is 3.30. The fourth-order valence-corrected chi connectivity index (χ4v) is 3.30. The molecule has 1 aromatic carbocycles. The number of piperazine rings is 1. The Kier molecular flexibility index (Phi) is 2.20. The van der Waals surface area contributed by atoms with Crippen molar-refractivity contribution in [1.82, 2.24) is 15.5 Å². The lowest BCUT2D eigenvalue weighted by molar-refractivity contribution is -0.121. The van der Waals surface area contributed by atoms with Crippen LogP contribution in [0.3, 0.4) is 0 Å². The molecular formula is C14H16N4O.